The summed E-state index contributed by atoms with van der Waals surface area (Å²) in [4.78, 5) is 22.9. The van der Waals surface area contributed by atoms with Crippen molar-refractivity contribution < 1.29 is 14.8 Å². The highest BCUT2D eigenvalue weighted by molar-refractivity contribution is 8.01. The van der Waals surface area contributed by atoms with Crippen LogP contribution in [0.1, 0.15) is 10.4 Å². The molecule has 25 heavy (non-hydrogen) atoms. The number of nitro groups is 1. The van der Waals surface area contributed by atoms with Gasteiger partial charge in [0.15, 0.2) is 4.34 Å². The summed E-state index contributed by atoms with van der Waals surface area (Å²) in [6.45, 7) is 0. The Kier molecular flexibility index (Phi) is 4.91. The standard InChI is InChI=1S/C15H10N4O4S2/c20-12-6-3-10(7-13(12)25-15-18-16-8-24-15)17-14(21)9-1-4-11(5-2-9)19(22)23/h1-8,20H,(H,17,21). The van der Waals surface area contributed by atoms with Gasteiger partial charge in [0.1, 0.15) is 11.3 Å². The minimum Gasteiger partial charge on any atom is -0.507 e. The Labute approximate surface area is 149 Å². The first-order chi connectivity index (χ1) is 12.0. The molecule has 0 saturated heterocycles. The average molecular weight is 374 g/mol. The summed E-state index contributed by atoms with van der Waals surface area (Å²) in [6, 6.07) is 9.93. The third kappa shape index (κ3) is 4.11. The van der Waals surface area contributed by atoms with Crippen molar-refractivity contribution in [1.29, 1.82) is 0 Å². The van der Waals surface area contributed by atoms with E-state index in [9.17, 15) is 20.0 Å². The molecule has 0 atom stereocenters. The maximum atomic E-state index is 12.2. The molecule has 8 nitrogen and oxygen atoms in total. The minimum absolute atomic E-state index is 0.0635. The van der Waals surface area contributed by atoms with Gasteiger partial charge < -0.3 is 10.4 Å². The molecule has 0 aliphatic heterocycles. The Bertz CT molecular complexity index is 914. The van der Waals surface area contributed by atoms with E-state index in [1.54, 1.807) is 17.6 Å². The lowest BCUT2D eigenvalue weighted by Gasteiger charge is -2.08. The monoisotopic (exact) mass is 374 g/mol. The summed E-state index contributed by atoms with van der Waals surface area (Å²) in [5.41, 5.74) is 2.27. The van der Waals surface area contributed by atoms with Gasteiger partial charge in [-0.05, 0) is 30.3 Å². The smallest absolute Gasteiger partial charge is 0.269 e. The Morgan fingerprint density at radius 2 is 2.00 bits per heavy atom. The first-order valence-electron chi connectivity index (χ1n) is 6.86. The van der Waals surface area contributed by atoms with E-state index in [1.165, 1.54) is 53.4 Å². The molecule has 3 rings (SSSR count). The molecule has 1 amide bonds. The Morgan fingerprint density at radius 1 is 1.24 bits per heavy atom. The number of nitro benzene ring substituents is 1. The number of hydrogen-bond acceptors (Lipinski definition) is 8. The van der Waals surface area contributed by atoms with Crippen molar-refractivity contribution in [2.45, 2.75) is 9.24 Å². The van der Waals surface area contributed by atoms with Crippen LogP contribution in [0.25, 0.3) is 0 Å². The zero-order valence-corrected chi connectivity index (χ0v) is 14.1. The van der Waals surface area contributed by atoms with Crippen LogP contribution in [0.15, 0.2) is 57.2 Å². The van der Waals surface area contributed by atoms with Gasteiger partial charge in [0.05, 0.1) is 9.82 Å². The van der Waals surface area contributed by atoms with Gasteiger partial charge in [-0.1, -0.05) is 23.1 Å². The van der Waals surface area contributed by atoms with Gasteiger partial charge in [-0.2, -0.15) is 0 Å². The topological polar surface area (TPSA) is 118 Å². The molecule has 2 N–H and O–H groups in total. The number of aromatic nitrogens is 2. The van der Waals surface area contributed by atoms with E-state index in [1.807, 2.05) is 0 Å². The number of phenolic OH excluding ortho intramolecular Hbond substituents is 1. The van der Waals surface area contributed by atoms with Gasteiger partial charge in [0, 0.05) is 23.4 Å². The Hall–Kier alpha value is -2.98. The highest BCUT2D eigenvalue weighted by Gasteiger charge is 2.12. The van der Waals surface area contributed by atoms with E-state index >= 15 is 0 Å². The molecule has 3 aromatic rings. The zero-order chi connectivity index (χ0) is 17.8. The summed E-state index contributed by atoms with van der Waals surface area (Å²) in [7, 11) is 0. The molecule has 0 radical (unpaired) electrons. The van der Waals surface area contributed by atoms with Crippen LogP contribution in [-0.4, -0.2) is 26.1 Å². The second-order valence-corrected chi connectivity index (χ2v) is 6.87. The fourth-order valence-corrected chi connectivity index (χ4v) is 3.42. The second kappa shape index (κ2) is 7.28. The lowest BCUT2D eigenvalue weighted by Crippen LogP contribution is -2.11. The molecule has 0 fully saturated rings. The Balaban J connectivity index is 1.75. The van der Waals surface area contributed by atoms with Gasteiger partial charge in [-0.3, -0.25) is 14.9 Å². The van der Waals surface area contributed by atoms with Crippen LogP contribution in [0.2, 0.25) is 0 Å². The van der Waals surface area contributed by atoms with Crippen molar-refractivity contribution in [2.24, 2.45) is 0 Å². The van der Waals surface area contributed by atoms with Gasteiger partial charge in [0.2, 0.25) is 0 Å². The molecule has 0 unspecified atom stereocenters. The van der Waals surface area contributed by atoms with Crippen LogP contribution < -0.4 is 5.32 Å². The summed E-state index contributed by atoms with van der Waals surface area (Å²) < 4.78 is 0.661. The van der Waals surface area contributed by atoms with Crippen molar-refractivity contribution in [1.82, 2.24) is 10.2 Å². The van der Waals surface area contributed by atoms with Crippen LogP contribution >= 0.6 is 23.1 Å². The van der Waals surface area contributed by atoms with Crippen molar-refractivity contribution in [3.63, 3.8) is 0 Å². The first-order valence-corrected chi connectivity index (χ1v) is 8.55. The highest BCUT2D eigenvalue weighted by Crippen LogP contribution is 2.36. The maximum Gasteiger partial charge on any atom is 0.269 e. The van der Waals surface area contributed by atoms with Crippen LogP contribution in [0, 0.1) is 10.1 Å². The third-order valence-electron chi connectivity index (χ3n) is 3.10. The summed E-state index contributed by atoms with van der Waals surface area (Å²) >= 11 is 2.57. The van der Waals surface area contributed by atoms with Crippen molar-refractivity contribution >= 4 is 40.4 Å². The number of carbonyl (C=O) groups is 1. The molecule has 126 valence electrons. The third-order valence-corrected chi connectivity index (χ3v) is 4.92. The molecular weight excluding hydrogens is 364 g/mol. The van der Waals surface area contributed by atoms with E-state index in [0.29, 0.717) is 14.9 Å². The number of phenols is 1. The van der Waals surface area contributed by atoms with Crippen molar-refractivity contribution in [3.05, 3.63) is 63.7 Å². The van der Waals surface area contributed by atoms with Gasteiger partial charge in [0.25, 0.3) is 11.6 Å². The van der Waals surface area contributed by atoms with E-state index in [2.05, 4.69) is 15.5 Å². The van der Waals surface area contributed by atoms with E-state index in [-0.39, 0.29) is 17.0 Å². The first kappa shape index (κ1) is 16.9. The Morgan fingerprint density at radius 3 is 2.64 bits per heavy atom. The number of rotatable bonds is 5. The van der Waals surface area contributed by atoms with Crippen LogP contribution in [0.5, 0.6) is 5.75 Å². The van der Waals surface area contributed by atoms with Crippen molar-refractivity contribution in [3.8, 4) is 5.75 Å². The molecule has 0 aliphatic rings. The molecule has 1 aromatic heterocycles. The normalized spacial score (nSPS) is 10.4. The lowest BCUT2D eigenvalue weighted by atomic mass is 10.2. The number of carbonyl (C=O) groups excluding carboxylic acids is 1. The molecule has 1 heterocycles. The largest absolute Gasteiger partial charge is 0.507 e. The fourth-order valence-electron chi connectivity index (χ4n) is 1.91. The molecule has 0 spiro atoms. The molecular formula is C15H10N4O4S2. The average Bonchev–Trinajstić information content (AvgIpc) is 3.11. The lowest BCUT2D eigenvalue weighted by molar-refractivity contribution is -0.384. The molecule has 0 bridgehead atoms. The molecule has 10 heteroatoms. The van der Waals surface area contributed by atoms with E-state index < -0.39 is 10.8 Å². The van der Waals surface area contributed by atoms with Crippen LogP contribution in [-0.2, 0) is 0 Å². The SMILES string of the molecule is O=C(Nc1ccc(O)c(Sc2nncs2)c1)c1ccc([N+](=O)[O-])cc1. The van der Waals surface area contributed by atoms with Crippen LogP contribution in [0.4, 0.5) is 11.4 Å². The van der Waals surface area contributed by atoms with E-state index in [0.717, 1.165) is 0 Å². The van der Waals surface area contributed by atoms with E-state index in [4.69, 9.17) is 0 Å². The number of hydrogen-bond donors (Lipinski definition) is 2. The summed E-state index contributed by atoms with van der Waals surface area (Å²) in [6.07, 6.45) is 0. The number of nitrogens with one attached hydrogen (secondary N) is 1. The van der Waals surface area contributed by atoms with Crippen molar-refractivity contribution in [2.75, 3.05) is 5.32 Å². The number of non-ortho nitro benzene ring substituents is 1. The molecule has 0 saturated carbocycles. The number of amides is 1. The second-order valence-electron chi connectivity index (χ2n) is 4.75. The van der Waals surface area contributed by atoms with Gasteiger partial charge >= 0.3 is 0 Å². The highest BCUT2D eigenvalue weighted by atomic mass is 32.2. The maximum absolute atomic E-state index is 12.2. The number of anilines is 1. The number of nitrogens with zero attached hydrogens (tertiary/aromatic N) is 3. The van der Waals surface area contributed by atoms with Gasteiger partial charge in [-0.25, -0.2) is 0 Å². The predicted octanol–water partition coefficient (Wildman–Crippen LogP) is 3.56. The van der Waals surface area contributed by atoms with Crippen LogP contribution in [0.3, 0.4) is 0 Å². The summed E-state index contributed by atoms with van der Waals surface area (Å²) in [5.74, 6) is -0.346. The molecule has 0 aliphatic carbocycles. The fraction of sp³-hybridized carbons (Fsp3) is 0. The predicted molar refractivity (Wildman–Crippen MR) is 93.2 cm³/mol. The molecule has 2 aromatic carbocycles. The van der Waals surface area contributed by atoms with Gasteiger partial charge in [-0.15, -0.1) is 10.2 Å². The number of benzene rings is 2. The zero-order valence-electron chi connectivity index (χ0n) is 12.4. The minimum atomic E-state index is -0.529. The summed E-state index contributed by atoms with van der Waals surface area (Å²) in [5, 5.41) is 30.9. The quantitative estimate of drug-likeness (QED) is 0.398. The number of aromatic hydroxyl groups is 1.